The summed E-state index contributed by atoms with van der Waals surface area (Å²) in [6.07, 6.45) is 0.991. The molecule has 4 rings (SSSR count). The lowest BCUT2D eigenvalue weighted by Gasteiger charge is -2.30. The average molecular weight is 437 g/mol. The summed E-state index contributed by atoms with van der Waals surface area (Å²) >= 11 is 0. The minimum atomic E-state index is -3.60. The Bertz CT molecular complexity index is 1190. The van der Waals surface area contributed by atoms with Gasteiger partial charge in [0.25, 0.3) is 0 Å². The van der Waals surface area contributed by atoms with Crippen molar-refractivity contribution >= 4 is 27.3 Å². The molecule has 0 aromatic heterocycles. The highest BCUT2D eigenvalue weighted by Crippen LogP contribution is 2.32. The fraction of sp³-hybridized carbons (Fsp3) is 0.208. The van der Waals surface area contributed by atoms with Crippen LogP contribution in [0.15, 0.2) is 72.8 Å². The van der Waals surface area contributed by atoms with Gasteiger partial charge in [0.1, 0.15) is 5.75 Å². The van der Waals surface area contributed by atoms with Crippen LogP contribution in [-0.2, 0) is 33.5 Å². The molecule has 3 aromatic carbocycles. The first-order valence-corrected chi connectivity index (χ1v) is 11.7. The van der Waals surface area contributed by atoms with E-state index < -0.39 is 10.0 Å². The fourth-order valence-corrected chi connectivity index (χ4v) is 4.94. The van der Waals surface area contributed by atoms with E-state index in [0.717, 1.165) is 16.8 Å². The second-order valence-corrected chi connectivity index (χ2v) is 9.24. The molecule has 6 nitrogen and oxygen atoms in total. The largest absolute Gasteiger partial charge is 0.497 e. The van der Waals surface area contributed by atoms with Crippen LogP contribution in [0.5, 0.6) is 5.75 Å². The Morgan fingerprint density at radius 1 is 0.935 bits per heavy atom. The predicted molar refractivity (Wildman–Crippen MR) is 122 cm³/mol. The van der Waals surface area contributed by atoms with E-state index in [9.17, 15) is 13.2 Å². The maximum atomic E-state index is 12.7. The zero-order valence-electron chi connectivity index (χ0n) is 17.2. The first-order chi connectivity index (χ1) is 14.9. The number of carbonyl (C=O) groups is 1. The molecule has 1 aliphatic heterocycles. The average Bonchev–Trinajstić information content (AvgIpc) is 2.76. The summed E-state index contributed by atoms with van der Waals surface area (Å²) in [5, 5.41) is 0. The Morgan fingerprint density at radius 2 is 1.71 bits per heavy atom. The van der Waals surface area contributed by atoms with Gasteiger partial charge in [0.15, 0.2) is 0 Å². The number of rotatable bonds is 7. The van der Waals surface area contributed by atoms with Crippen LogP contribution in [0.1, 0.15) is 23.1 Å². The number of hydrogen-bond donors (Lipinski definition) is 1. The van der Waals surface area contributed by atoms with Crippen LogP contribution in [0.3, 0.4) is 0 Å². The van der Waals surface area contributed by atoms with Gasteiger partial charge in [0.2, 0.25) is 15.9 Å². The molecule has 1 amide bonds. The molecule has 7 heteroatoms. The van der Waals surface area contributed by atoms with Crippen LogP contribution in [-0.4, -0.2) is 21.4 Å². The summed E-state index contributed by atoms with van der Waals surface area (Å²) in [4.78, 5) is 14.3. The first-order valence-electron chi connectivity index (χ1n) is 10.0. The maximum absolute atomic E-state index is 12.7. The third kappa shape index (κ3) is 5.06. The lowest BCUT2D eigenvalue weighted by molar-refractivity contribution is -0.119. The highest BCUT2D eigenvalue weighted by molar-refractivity contribution is 7.91. The minimum Gasteiger partial charge on any atom is -0.497 e. The topological polar surface area (TPSA) is 75.7 Å². The second-order valence-electron chi connectivity index (χ2n) is 7.52. The number of methoxy groups -OCH3 is 1. The first kappa shape index (κ1) is 20.9. The number of fused-ring (bicyclic) bond motifs is 1. The van der Waals surface area contributed by atoms with Gasteiger partial charge in [-0.25, -0.2) is 8.42 Å². The van der Waals surface area contributed by atoms with E-state index in [1.54, 1.807) is 42.3 Å². The highest BCUT2D eigenvalue weighted by Gasteiger charge is 2.25. The third-order valence-corrected chi connectivity index (χ3v) is 6.49. The van der Waals surface area contributed by atoms with Gasteiger partial charge in [-0.05, 0) is 53.4 Å². The summed E-state index contributed by atoms with van der Waals surface area (Å²) in [5.74, 6) is 0.534. The van der Waals surface area contributed by atoms with E-state index in [-0.39, 0.29) is 11.7 Å². The van der Waals surface area contributed by atoms with Crippen molar-refractivity contribution in [2.45, 2.75) is 25.1 Å². The SMILES string of the molecule is COc1cccc(CS(=O)(=O)Nc2ccc3c(c2)CCC(=O)N3Cc2ccccc2)c1. The lowest BCUT2D eigenvalue weighted by Crippen LogP contribution is -2.34. The maximum Gasteiger partial charge on any atom is 0.236 e. The lowest BCUT2D eigenvalue weighted by atomic mass is 10.00. The van der Waals surface area contributed by atoms with E-state index in [1.807, 2.05) is 42.5 Å². The van der Waals surface area contributed by atoms with Crippen molar-refractivity contribution in [3.8, 4) is 5.75 Å². The fourth-order valence-electron chi connectivity index (χ4n) is 3.76. The van der Waals surface area contributed by atoms with Crippen LogP contribution in [0.2, 0.25) is 0 Å². The molecule has 3 aromatic rings. The van der Waals surface area contributed by atoms with Crippen molar-refractivity contribution in [3.05, 3.63) is 89.5 Å². The number of benzene rings is 3. The Hall–Kier alpha value is -3.32. The van der Waals surface area contributed by atoms with E-state index in [1.165, 1.54) is 0 Å². The Kier molecular flexibility index (Phi) is 5.95. The third-order valence-electron chi connectivity index (χ3n) is 5.23. The summed E-state index contributed by atoms with van der Waals surface area (Å²) in [6, 6.07) is 22.2. The number of anilines is 2. The molecule has 1 aliphatic rings. The van der Waals surface area contributed by atoms with Crippen LogP contribution < -0.4 is 14.4 Å². The van der Waals surface area contributed by atoms with E-state index in [2.05, 4.69) is 4.72 Å². The highest BCUT2D eigenvalue weighted by atomic mass is 32.2. The zero-order chi connectivity index (χ0) is 21.8. The summed E-state index contributed by atoms with van der Waals surface area (Å²) in [5.41, 5.74) is 3.97. The molecule has 0 saturated heterocycles. The van der Waals surface area contributed by atoms with E-state index in [0.29, 0.717) is 36.4 Å². The smallest absolute Gasteiger partial charge is 0.236 e. The number of hydrogen-bond acceptors (Lipinski definition) is 4. The van der Waals surface area contributed by atoms with Crippen molar-refractivity contribution in [1.29, 1.82) is 0 Å². The van der Waals surface area contributed by atoms with Crippen molar-refractivity contribution < 1.29 is 17.9 Å². The summed E-state index contributed by atoms with van der Waals surface area (Å²) < 4.78 is 33.2. The monoisotopic (exact) mass is 436 g/mol. The van der Waals surface area contributed by atoms with E-state index >= 15 is 0 Å². The number of aryl methyl sites for hydroxylation is 1. The quantitative estimate of drug-likeness (QED) is 0.605. The van der Waals surface area contributed by atoms with Crippen LogP contribution in [0, 0.1) is 0 Å². The van der Waals surface area contributed by atoms with Gasteiger partial charge in [0, 0.05) is 17.8 Å². The summed E-state index contributed by atoms with van der Waals surface area (Å²) in [6.45, 7) is 0.494. The van der Waals surface area contributed by atoms with Crippen molar-refractivity contribution in [1.82, 2.24) is 0 Å². The number of ether oxygens (including phenoxy) is 1. The normalized spacial score (nSPS) is 13.6. The number of nitrogens with zero attached hydrogens (tertiary/aromatic N) is 1. The number of carbonyl (C=O) groups excluding carboxylic acids is 1. The molecule has 0 atom stereocenters. The zero-order valence-corrected chi connectivity index (χ0v) is 18.1. The molecule has 0 spiro atoms. The van der Waals surface area contributed by atoms with E-state index in [4.69, 9.17) is 4.74 Å². The molecular weight excluding hydrogens is 412 g/mol. The van der Waals surface area contributed by atoms with Gasteiger partial charge in [-0.3, -0.25) is 9.52 Å². The van der Waals surface area contributed by atoms with Crippen molar-refractivity contribution in [2.24, 2.45) is 0 Å². The molecule has 1 heterocycles. The van der Waals surface area contributed by atoms with Gasteiger partial charge in [0.05, 0.1) is 19.4 Å². The summed E-state index contributed by atoms with van der Waals surface area (Å²) in [7, 11) is -2.05. The van der Waals surface area contributed by atoms with Crippen molar-refractivity contribution in [3.63, 3.8) is 0 Å². The molecule has 160 valence electrons. The van der Waals surface area contributed by atoms with Gasteiger partial charge < -0.3 is 9.64 Å². The molecule has 1 N–H and O–H groups in total. The van der Waals surface area contributed by atoms with Crippen LogP contribution in [0.4, 0.5) is 11.4 Å². The van der Waals surface area contributed by atoms with Crippen LogP contribution >= 0.6 is 0 Å². The molecule has 31 heavy (non-hydrogen) atoms. The molecule has 0 radical (unpaired) electrons. The van der Waals surface area contributed by atoms with Gasteiger partial charge in [-0.15, -0.1) is 0 Å². The van der Waals surface area contributed by atoms with Gasteiger partial charge >= 0.3 is 0 Å². The predicted octanol–water partition coefficient (Wildman–Crippen LogP) is 4.12. The number of nitrogens with one attached hydrogen (secondary N) is 1. The Balaban J connectivity index is 1.53. The molecule has 0 bridgehead atoms. The molecular formula is C24H24N2O4S. The van der Waals surface area contributed by atoms with Gasteiger partial charge in [-0.2, -0.15) is 0 Å². The number of amides is 1. The van der Waals surface area contributed by atoms with Crippen LogP contribution in [0.25, 0.3) is 0 Å². The van der Waals surface area contributed by atoms with Gasteiger partial charge in [-0.1, -0.05) is 42.5 Å². The molecule has 0 aliphatic carbocycles. The minimum absolute atomic E-state index is 0.0720. The Morgan fingerprint density at radius 3 is 2.48 bits per heavy atom. The molecule has 0 unspecified atom stereocenters. The molecule has 0 saturated carbocycles. The Labute approximate surface area is 182 Å². The second kappa shape index (κ2) is 8.81. The molecule has 0 fully saturated rings. The number of sulfonamides is 1. The van der Waals surface area contributed by atoms with Crippen molar-refractivity contribution in [2.75, 3.05) is 16.7 Å². The standard InChI is InChI=1S/C24H24N2O4S/c1-30-22-9-5-8-19(14-22)17-31(28,29)25-21-11-12-23-20(15-21)10-13-24(27)26(23)16-18-6-3-2-4-7-18/h2-9,11-12,14-15,25H,10,13,16-17H2,1H3.